The molecule has 5 atom stereocenters. The minimum Gasteiger partial charge on any atom is -0.507 e. The summed E-state index contributed by atoms with van der Waals surface area (Å²) in [4.78, 5) is 11.8. The Bertz CT molecular complexity index is 758. The highest BCUT2D eigenvalue weighted by Gasteiger charge is 2.62. The van der Waals surface area contributed by atoms with Gasteiger partial charge < -0.3 is 9.84 Å². The summed E-state index contributed by atoms with van der Waals surface area (Å²) in [6.07, 6.45) is 6.22. The smallest absolute Gasteiger partial charge is 0.153 e. The van der Waals surface area contributed by atoms with Gasteiger partial charge in [0.25, 0.3) is 0 Å². The maximum Gasteiger partial charge on any atom is 0.153 e. The predicted molar refractivity (Wildman–Crippen MR) is 106 cm³/mol. The number of fused-ring (bicyclic) bond motifs is 4. The average molecular weight is 421 g/mol. The van der Waals surface area contributed by atoms with Gasteiger partial charge in [-0.15, -0.1) is 0 Å². The third kappa shape index (κ3) is 2.40. The van der Waals surface area contributed by atoms with Crippen molar-refractivity contribution in [2.75, 3.05) is 0 Å². The van der Waals surface area contributed by atoms with Crippen LogP contribution in [0.4, 0.5) is 0 Å². The lowest BCUT2D eigenvalue weighted by atomic mass is 9.44. The number of alkyl halides is 1. The zero-order chi connectivity index (χ0) is 18.9. The summed E-state index contributed by atoms with van der Waals surface area (Å²) < 4.78 is 6.55. The van der Waals surface area contributed by atoms with Gasteiger partial charge in [-0.25, -0.2) is 0 Å². The number of aldehydes is 1. The molecule has 0 saturated heterocycles. The molecule has 1 aromatic rings. The Hall–Kier alpha value is -1.03. The first-order valence-electron chi connectivity index (χ1n) is 9.76. The molecule has 2 fully saturated rings. The van der Waals surface area contributed by atoms with Gasteiger partial charge in [0.05, 0.1) is 5.56 Å². The number of hydrogen-bond acceptors (Lipinski definition) is 3. The quantitative estimate of drug-likeness (QED) is 0.480. The van der Waals surface area contributed by atoms with Gasteiger partial charge in [0.15, 0.2) is 6.29 Å². The Labute approximate surface area is 164 Å². The van der Waals surface area contributed by atoms with Crippen LogP contribution in [0.25, 0.3) is 0 Å². The van der Waals surface area contributed by atoms with Crippen molar-refractivity contribution in [3.63, 3.8) is 0 Å². The van der Waals surface area contributed by atoms with E-state index in [0.717, 1.165) is 24.2 Å². The summed E-state index contributed by atoms with van der Waals surface area (Å²) in [5.41, 5.74) is 1.63. The molecule has 0 radical (unpaired) electrons. The molecular formula is C22H29BrO3. The van der Waals surface area contributed by atoms with Crippen molar-refractivity contribution in [2.24, 2.45) is 22.7 Å². The Morgan fingerprint density at radius 1 is 1.15 bits per heavy atom. The predicted octanol–water partition coefficient (Wildman–Crippen LogP) is 5.51. The lowest BCUT2D eigenvalue weighted by Crippen LogP contribution is -2.63. The fraction of sp³-hybridized carbons (Fsp3) is 0.682. The van der Waals surface area contributed by atoms with Gasteiger partial charge in [-0.2, -0.15) is 0 Å². The van der Waals surface area contributed by atoms with Crippen molar-refractivity contribution in [2.45, 2.75) is 70.2 Å². The first-order valence-corrected chi connectivity index (χ1v) is 10.7. The minimum absolute atomic E-state index is 0.0629. The molecule has 1 N–H and O–H groups in total. The Kier molecular flexibility index (Phi) is 4.04. The summed E-state index contributed by atoms with van der Waals surface area (Å²) >= 11 is 3.95. The molecule has 3 nitrogen and oxygen atoms in total. The largest absolute Gasteiger partial charge is 0.507 e. The van der Waals surface area contributed by atoms with E-state index in [0.29, 0.717) is 28.5 Å². The van der Waals surface area contributed by atoms with Gasteiger partial charge in [-0.05, 0) is 73.5 Å². The van der Waals surface area contributed by atoms with Gasteiger partial charge in [0, 0.05) is 10.7 Å². The van der Waals surface area contributed by atoms with Crippen molar-refractivity contribution < 1.29 is 14.6 Å². The summed E-state index contributed by atoms with van der Waals surface area (Å²) in [6.45, 7) is 9.55. The van der Waals surface area contributed by atoms with Crippen LogP contribution in [0.2, 0.25) is 0 Å². The normalized spacial score (nSPS) is 40.6. The van der Waals surface area contributed by atoms with Crippen molar-refractivity contribution in [3.05, 3.63) is 23.3 Å². The molecule has 2 saturated carbocycles. The van der Waals surface area contributed by atoms with Gasteiger partial charge in [-0.3, -0.25) is 4.79 Å². The maximum atomic E-state index is 11.2. The number of hydrogen-bond donors (Lipinski definition) is 1. The molecule has 3 aliphatic rings. The first kappa shape index (κ1) is 18.3. The summed E-state index contributed by atoms with van der Waals surface area (Å²) in [5.74, 6) is 1.91. The summed E-state index contributed by atoms with van der Waals surface area (Å²) in [5, 5.41) is 10.1. The van der Waals surface area contributed by atoms with E-state index >= 15 is 0 Å². The summed E-state index contributed by atoms with van der Waals surface area (Å²) in [6, 6.07) is 3.46. The highest BCUT2D eigenvalue weighted by atomic mass is 79.9. The van der Waals surface area contributed by atoms with Crippen LogP contribution >= 0.6 is 15.9 Å². The zero-order valence-electron chi connectivity index (χ0n) is 16.1. The van der Waals surface area contributed by atoms with Crippen molar-refractivity contribution in [3.8, 4) is 11.5 Å². The monoisotopic (exact) mass is 420 g/mol. The molecule has 26 heavy (non-hydrogen) atoms. The Morgan fingerprint density at radius 2 is 1.88 bits per heavy atom. The second kappa shape index (κ2) is 5.73. The molecule has 4 heteroatoms. The number of aromatic hydroxyl groups is 1. The Balaban J connectivity index is 1.77. The number of carbonyl (C=O) groups is 1. The molecule has 0 amide bonds. The first-order chi connectivity index (χ1) is 12.1. The van der Waals surface area contributed by atoms with E-state index in [1.165, 1.54) is 19.3 Å². The number of ether oxygens (including phenoxy) is 1. The lowest BCUT2D eigenvalue weighted by molar-refractivity contribution is -0.160. The van der Waals surface area contributed by atoms with E-state index in [1.54, 1.807) is 12.1 Å². The van der Waals surface area contributed by atoms with Crippen molar-refractivity contribution >= 4 is 22.2 Å². The lowest BCUT2D eigenvalue weighted by Gasteiger charge is -2.64. The van der Waals surface area contributed by atoms with E-state index in [9.17, 15) is 9.90 Å². The average Bonchev–Trinajstić information content (AvgIpc) is 2.57. The minimum atomic E-state index is -0.204. The molecular weight excluding hydrogens is 392 g/mol. The second-order valence-corrected chi connectivity index (χ2v) is 10.8. The number of carbonyl (C=O) groups excluding carboxylic acids is 1. The van der Waals surface area contributed by atoms with Gasteiger partial charge in [-0.1, -0.05) is 36.7 Å². The van der Waals surface area contributed by atoms with Crippen LogP contribution in [0.15, 0.2) is 12.1 Å². The standard InChI is InChI=1S/C22H29BrO3/c1-20(2)17-5-8-22(4)18(21(17,3)7-6-19(20)23)11-13-9-15(25)14(12-24)10-16(13)26-22/h9-10,12,17-19,25H,5-8,11H2,1-4H3/t17-,18+,19-,21-,22+/m0/s1. The molecule has 1 heterocycles. The highest BCUT2D eigenvalue weighted by molar-refractivity contribution is 9.09. The number of phenolic OH excluding ortho intramolecular Hbond substituents is 1. The zero-order valence-corrected chi connectivity index (χ0v) is 17.7. The SMILES string of the molecule is CC1(C)[C@@H](Br)CC[C@]2(C)[C@H]3Cc4cc(O)c(C=O)cc4O[C@]3(C)CC[C@@H]12. The van der Waals surface area contributed by atoms with Crippen LogP contribution < -0.4 is 4.74 Å². The van der Waals surface area contributed by atoms with E-state index in [-0.39, 0.29) is 22.2 Å². The molecule has 0 spiro atoms. The molecule has 0 aromatic heterocycles. The number of phenols is 1. The third-order valence-corrected chi connectivity index (χ3v) is 9.64. The molecule has 4 rings (SSSR count). The molecule has 142 valence electrons. The topological polar surface area (TPSA) is 46.5 Å². The van der Waals surface area contributed by atoms with E-state index < -0.39 is 0 Å². The van der Waals surface area contributed by atoms with E-state index in [1.807, 2.05) is 0 Å². The maximum absolute atomic E-state index is 11.2. The molecule has 2 aliphatic carbocycles. The number of benzene rings is 1. The Morgan fingerprint density at radius 3 is 2.58 bits per heavy atom. The van der Waals surface area contributed by atoms with Crippen LogP contribution in [0.3, 0.4) is 0 Å². The van der Waals surface area contributed by atoms with E-state index in [4.69, 9.17) is 4.74 Å². The third-order valence-electron chi connectivity index (χ3n) is 8.00. The second-order valence-electron chi connectivity index (χ2n) is 9.73. The molecule has 0 bridgehead atoms. The highest BCUT2D eigenvalue weighted by Crippen LogP contribution is 2.65. The van der Waals surface area contributed by atoms with Crippen LogP contribution in [0.1, 0.15) is 69.3 Å². The van der Waals surface area contributed by atoms with Crippen LogP contribution in [-0.2, 0) is 6.42 Å². The van der Waals surface area contributed by atoms with Gasteiger partial charge >= 0.3 is 0 Å². The van der Waals surface area contributed by atoms with Gasteiger partial charge in [0.2, 0.25) is 0 Å². The van der Waals surface area contributed by atoms with E-state index in [2.05, 4.69) is 43.6 Å². The van der Waals surface area contributed by atoms with Crippen molar-refractivity contribution in [1.29, 1.82) is 0 Å². The van der Waals surface area contributed by atoms with Crippen LogP contribution in [-0.4, -0.2) is 21.8 Å². The van der Waals surface area contributed by atoms with Crippen LogP contribution in [0, 0.1) is 22.7 Å². The fourth-order valence-corrected chi connectivity index (χ4v) is 7.04. The van der Waals surface area contributed by atoms with Crippen LogP contribution in [0.5, 0.6) is 11.5 Å². The summed E-state index contributed by atoms with van der Waals surface area (Å²) in [7, 11) is 0. The number of halogens is 1. The molecule has 1 aliphatic heterocycles. The fourth-order valence-electron chi connectivity index (χ4n) is 6.49. The van der Waals surface area contributed by atoms with Crippen molar-refractivity contribution in [1.82, 2.24) is 0 Å². The molecule has 0 unspecified atom stereocenters. The molecule has 1 aromatic carbocycles. The van der Waals surface area contributed by atoms with Gasteiger partial charge in [0.1, 0.15) is 17.1 Å². The number of rotatable bonds is 1.